The average Bonchev–Trinajstić information content (AvgIpc) is 2.46. The summed E-state index contributed by atoms with van der Waals surface area (Å²) in [5, 5.41) is 10.4. The van der Waals surface area contributed by atoms with Crippen LogP contribution in [0.15, 0.2) is 12.7 Å². The number of piperidine rings is 1. The molecule has 2 aliphatic heterocycles. The molecule has 0 bridgehead atoms. The van der Waals surface area contributed by atoms with Crippen LogP contribution in [-0.2, 0) is 0 Å². The highest BCUT2D eigenvalue weighted by Crippen LogP contribution is 2.37. The molecule has 74 valence electrons. The smallest absolute Gasteiger partial charge is 0.0848 e. The van der Waals surface area contributed by atoms with E-state index in [4.69, 9.17) is 0 Å². The van der Waals surface area contributed by atoms with Gasteiger partial charge < -0.3 is 5.11 Å². The molecule has 0 amide bonds. The van der Waals surface area contributed by atoms with Crippen molar-refractivity contribution in [1.82, 2.24) is 4.90 Å². The number of nitrogens with zero attached hydrogens (tertiary/aromatic N) is 1. The van der Waals surface area contributed by atoms with Crippen LogP contribution in [0.1, 0.15) is 32.1 Å². The molecular weight excluding hydrogens is 162 g/mol. The molecule has 0 aliphatic carbocycles. The van der Waals surface area contributed by atoms with E-state index in [0.717, 1.165) is 19.4 Å². The minimum atomic E-state index is -0.456. The van der Waals surface area contributed by atoms with Crippen LogP contribution in [0.25, 0.3) is 0 Å². The lowest BCUT2D eigenvalue weighted by atomic mass is 9.86. The maximum atomic E-state index is 10.4. The van der Waals surface area contributed by atoms with E-state index < -0.39 is 5.60 Å². The van der Waals surface area contributed by atoms with Crippen LogP contribution in [0, 0.1) is 0 Å². The first-order valence-electron chi connectivity index (χ1n) is 5.33. The Balaban J connectivity index is 2.09. The zero-order valence-corrected chi connectivity index (χ0v) is 8.21. The second-order valence-electron chi connectivity index (χ2n) is 4.39. The fraction of sp³-hybridized carbons (Fsp3) is 0.818. The number of hydrogen-bond donors (Lipinski definition) is 1. The highest BCUT2D eigenvalue weighted by molar-refractivity contribution is 5.03. The Kier molecular flexibility index (Phi) is 2.43. The average molecular weight is 181 g/mol. The molecule has 2 fully saturated rings. The quantitative estimate of drug-likeness (QED) is 0.653. The predicted octanol–water partition coefficient (Wildman–Crippen LogP) is 1.55. The largest absolute Gasteiger partial charge is 0.388 e. The fourth-order valence-corrected chi connectivity index (χ4v) is 2.86. The molecule has 2 saturated heterocycles. The van der Waals surface area contributed by atoms with Crippen molar-refractivity contribution in [2.24, 2.45) is 0 Å². The van der Waals surface area contributed by atoms with Crippen LogP contribution in [0.5, 0.6) is 0 Å². The number of hydrogen-bond acceptors (Lipinski definition) is 2. The summed E-state index contributed by atoms with van der Waals surface area (Å²) in [5.74, 6) is 0. The first-order valence-corrected chi connectivity index (χ1v) is 5.33. The summed E-state index contributed by atoms with van der Waals surface area (Å²) in [6, 6.07) is 0.416. The van der Waals surface area contributed by atoms with Gasteiger partial charge in [0.25, 0.3) is 0 Å². The molecule has 2 unspecified atom stereocenters. The molecule has 0 saturated carbocycles. The topological polar surface area (TPSA) is 23.5 Å². The highest BCUT2D eigenvalue weighted by Gasteiger charge is 2.45. The molecule has 2 atom stereocenters. The Bertz CT molecular complexity index is 204. The minimum Gasteiger partial charge on any atom is -0.388 e. The summed E-state index contributed by atoms with van der Waals surface area (Å²) in [5.41, 5.74) is -0.456. The van der Waals surface area contributed by atoms with Crippen molar-refractivity contribution in [2.75, 3.05) is 13.1 Å². The molecule has 0 aromatic rings. The van der Waals surface area contributed by atoms with Gasteiger partial charge in [0.05, 0.1) is 5.60 Å². The molecule has 2 rings (SSSR count). The third-order valence-corrected chi connectivity index (χ3v) is 3.56. The second-order valence-corrected chi connectivity index (χ2v) is 4.39. The van der Waals surface area contributed by atoms with Crippen LogP contribution in [0.4, 0.5) is 0 Å². The van der Waals surface area contributed by atoms with Gasteiger partial charge in [0, 0.05) is 12.6 Å². The minimum absolute atomic E-state index is 0.416. The van der Waals surface area contributed by atoms with Gasteiger partial charge in [-0.25, -0.2) is 0 Å². The van der Waals surface area contributed by atoms with Gasteiger partial charge in [-0.2, -0.15) is 0 Å². The Morgan fingerprint density at radius 2 is 2.31 bits per heavy atom. The summed E-state index contributed by atoms with van der Waals surface area (Å²) >= 11 is 0. The normalized spacial score (nSPS) is 40.2. The van der Waals surface area contributed by atoms with Crippen molar-refractivity contribution < 1.29 is 5.11 Å². The zero-order valence-electron chi connectivity index (χ0n) is 8.21. The van der Waals surface area contributed by atoms with Crippen LogP contribution in [-0.4, -0.2) is 34.7 Å². The molecule has 2 nitrogen and oxygen atoms in total. The van der Waals surface area contributed by atoms with E-state index in [1.807, 2.05) is 6.08 Å². The van der Waals surface area contributed by atoms with Crippen molar-refractivity contribution in [2.45, 2.75) is 43.7 Å². The Morgan fingerprint density at radius 3 is 3.08 bits per heavy atom. The lowest BCUT2D eigenvalue weighted by molar-refractivity contribution is -0.00667. The number of fused-ring (bicyclic) bond motifs is 1. The summed E-state index contributed by atoms with van der Waals surface area (Å²) in [7, 11) is 0. The zero-order chi connectivity index (χ0) is 9.31. The number of aliphatic hydroxyl groups is 1. The van der Waals surface area contributed by atoms with Gasteiger partial charge in [-0.05, 0) is 32.2 Å². The van der Waals surface area contributed by atoms with Crippen LogP contribution >= 0.6 is 0 Å². The molecule has 1 N–H and O–H groups in total. The van der Waals surface area contributed by atoms with Crippen LogP contribution in [0.2, 0.25) is 0 Å². The molecule has 0 aromatic carbocycles. The lowest BCUT2D eigenvalue weighted by Crippen LogP contribution is -2.46. The van der Waals surface area contributed by atoms with Crippen LogP contribution < -0.4 is 0 Å². The van der Waals surface area contributed by atoms with E-state index >= 15 is 0 Å². The predicted molar refractivity (Wildman–Crippen MR) is 53.6 cm³/mol. The monoisotopic (exact) mass is 181 g/mol. The number of rotatable bonds is 2. The molecule has 0 spiro atoms. The SMILES string of the molecule is C=CCC1(O)CCN2CCCCC21. The van der Waals surface area contributed by atoms with E-state index in [2.05, 4.69) is 11.5 Å². The second kappa shape index (κ2) is 3.43. The van der Waals surface area contributed by atoms with Gasteiger partial charge in [-0.1, -0.05) is 12.5 Å². The van der Waals surface area contributed by atoms with Gasteiger partial charge in [0.1, 0.15) is 0 Å². The van der Waals surface area contributed by atoms with Crippen molar-refractivity contribution >= 4 is 0 Å². The van der Waals surface area contributed by atoms with E-state index in [1.54, 1.807) is 0 Å². The van der Waals surface area contributed by atoms with Crippen LogP contribution in [0.3, 0.4) is 0 Å². The Labute approximate surface area is 80.2 Å². The Hall–Kier alpha value is -0.340. The van der Waals surface area contributed by atoms with Crippen molar-refractivity contribution in [3.05, 3.63) is 12.7 Å². The maximum absolute atomic E-state index is 10.4. The maximum Gasteiger partial charge on any atom is 0.0848 e. The van der Waals surface area contributed by atoms with Gasteiger partial charge in [-0.15, -0.1) is 6.58 Å². The van der Waals surface area contributed by atoms with E-state index in [9.17, 15) is 5.11 Å². The summed E-state index contributed by atoms with van der Waals surface area (Å²) in [6.45, 7) is 5.99. The first kappa shape index (κ1) is 9.22. The lowest BCUT2D eigenvalue weighted by Gasteiger charge is -2.36. The fourth-order valence-electron chi connectivity index (χ4n) is 2.86. The standard InChI is InChI=1S/C11H19NO/c1-2-6-11(13)7-9-12-8-4-3-5-10(11)12/h2,10,13H,1,3-9H2. The highest BCUT2D eigenvalue weighted by atomic mass is 16.3. The van der Waals surface area contributed by atoms with Gasteiger partial charge >= 0.3 is 0 Å². The van der Waals surface area contributed by atoms with Gasteiger partial charge in [0.15, 0.2) is 0 Å². The molecule has 2 heterocycles. The molecule has 0 aromatic heterocycles. The molecule has 2 heteroatoms. The van der Waals surface area contributed by atoms with Crippen molar-refractivity contribution in [1.29, 1.82) is 0 Å². The summed E-state index contributed by atoms with van der Waals surface area (Å²) < 4.78 is 0. The van der Waals surface area contributed by atoms with Crippen molar-refractivity contribution in [3.63, 3.8) is 0 Å². The Morgan fingerprint density at radius 1 is 1.46 bits per heavy atom. The van der Waals surface area contributed by atoms with Gasteiger partial charge in [0.2, 0.25) is 0 Å². The molecule has 2 aliphatic rings. The van der Waals surface area contributed by atoms with E-state index in [-0.39, 0.29) is 0 Å². The van der Waals surface area contributed by atoms with E-state index in [0.29, 0.717) is 6.04 Å². The van der Waals surface area contributed by atoms with Crippen molar-refractivity contribution in [3.8, 4) is 0 Å². The summed E-state index contributed by atoms with van der Waals surface area (Å²) in [6.07, 6.45) is 7.31. The third kappa shape index (κ3) is 1.53. The van der Waals surface area contributed by atoms with E-state index in [1.165, 1.54) is 25.8 Å². The third-order valence-electron chi connectivity index (χ3n) is 3.56. The molecular formula is C11H19NO. The molecule has 0 radical (unpaired) electrons. The molecule has 13 heavy (non-hydrogen) atoms. The van der Waals surface area contributed by atoms with Gasteiger partial charge in [-0.3, -0.25) is 4.90 Å². The summed E-state index contributed by atoms with van der Waals surface area (Å²) in [4.78, 5) is 2.45. The first-order chi connectivity index (χ1) is 6.26.